The van der Waals surface area contributed by atoms with E-state index < -0.39 is 5.41 Å². The van der Waals surface area contributed by atoms with Gasteiger partial charge in [-0.3, -0.25) is 9.59 Å². The molecule has 8 heteroatoms. The zero-order valence-corrected chi connectivity index (χ0v) is 26.9. The van der Waals surface area contributed by atoms with Gasteiger partial charge in [0.2, 0.25) is 0 Å². The highest BCUT2D eigenvalue weighted by Crippen LogP contribution is 2.56. The Morgan fingerprint density at radius 1 is 0.533 bits per heavy atom. The number of esters is 2. The Morgan fingerprint density at radius 2 is 0.933 bits per heavy atom. The van der Waals surface area contributed by atoms with E-state index in [9.17, 15) is 9.59 Å². The van der Waals surface area contributed by atoms with Gasteiger partial charge in [-0.15, -0.1) is 0 Å². The van der Waals surface area contributed by atoms with Crippen molar-refractivity contribution >= 4 is 37.2 Å². The van der Waals surface area contributed by atoms with E-state index in [0.717, 1.165) is 11.1 Å². The maximum atomic E-state index is 11.8. The van der Waals surface area contributed by atoms with Crippen LogP contribution in [0.1, 0.15) is 47.9 Å². The van der Waals surface area contributed by atoms with Crippen molar-refractivity contribution in [1.82, 2.24) is 0 Å². The van der Waals surface area contributed by atoms with Gasteiger partial charge in [0.25, 0.3) is 0 Å². The molecule has 0 amide bonds. The zero-order valence-electron chi connectivity index (χ0n) is 25.2. The van der Waals surface area contributed by atoms with Gasteiger partial charge in [0.05, 0.1) is 5.41 Å². The molecule has 0 aliphatic heterocycles. The first-order valence-corrected chi connectivity index (χ1v) is 16.5. The number of thiol groups is 2. The molecule has 0 aromatic heterocycles. The Hall–Kier alpha value is -3.88. The number of hydrogen-bond acceptors (Lipinski definition) is 8. The third-order valence-corrected chi connectivity index (χ3v) is 8.47. The van der Waals surface area contributed by atoms with E-state index in [1.54, 1.807) is 0 Å². The number of rotatable bonds is 16. The second kappa shape index (κ2) is 15.9. The van der Waals surface area contributed by atoms with Crippen molar-refractivity contribution in [3.63, 3.8) is 0 Å². The normalized spacial score (nSPS) is 12.6. The molecule has 0 atom stereocenters. The average Bonchev–Trinajstić information content (AvgIpc) is 3.38. The molecule has 234 valence electrons. The molecule has 0 saturated carbocycles. The summed E-state index contributed by atoms with van der Waals surface area (Å²) in [5, 5.41) is 0. The van der Waals surface area contributed by atoms with Crippen LogP contribution < -0.4 is 9.47 Å². The van der Waals surface area contributed by atoms with Crippen molar-refractivity contribution in [2.75, 3.05) is 37.9 Å². The molecular weight excluding hydrogens is 605 g/mol. The van der Waals surface area contributed by atoms with Gasteiger partial charge in [-0.25, -0.2) is 0 Å². The van der Waals surface area contributed by atoms with Crippen molar-refractivity contribution in [2.45, 2.75) is 31.1 Å². The van der Waals surface area contributed by atoms with Crippen LogP contribution in [0.2, 0.25) is 0 Å². The molecule has 5 rings (SSSR count). The molecule has 0 heterocycles. The lowest BCUT2D eigenvalue weighted by molar-refractivity contribution is -0.145. The molecule has 0 unspecified atom stereocenters. The molecule has 4 aromatic rings. The third-order valence-electron chi connectivity index (χ3n) is 7.84. The largest absolute Gasteiger partial charge is 0.490 e. The van der Waals surface area contributed by atoms with Crippen LogP contribution in [0.5, 0.6) is 11.5 Å². The lowest BCUT2D eigenvalue weighted by Crippen LogP contribution is -2.28. The molecule has 6 nitrogen and oxygen atoms in total. The first-order chi connectivity index (χ1) is 22.1. The number of ether oxygens (including phenoxy) is 4. The van der Waals surface area contributed by atoms with Crippen molar-refractivity contribution in [3.05, 3.63) is 119 Å². The SMILES string of the molecule is O=C(CCCS)OCCOc1ccc(C2(c3ccc(OCCOC(=O)CCCS)cc3)c3ccccc3-c3ccccc32)cc1. The van der Waals surface area contributed by atoms with Gasteiger partial charge >= 0.3 is 11.9 Å². The van der Waals surface area contributed by atoms with E-state index in [4.69, 9.17) is 18.9 Å². The Kier molecular flexibility index (Phi) is 11.5. The maximum absolute atomic E-state index is 11.8. The van der Waals surface area contributed by atoms with E-state index in [0.29, 0.717) is 48.7 Å². The fraction of sp³-hybridized carbons (Fsp3) is 0.297. The van der Waals surface area contributed by atoms with Crippen LogP contribution in [0.15, 0.2) is 97.1 Å². The molecule has 45 heavy (non-hydrogen) atoms. The molecule has 0 fully saturated rings. The minimum absolute atomic E-state index is 0.199. The lowest BCUT2D eigenvalue weighted by atomic mass is 9.68. The fourth-order valence-electron chi connectivity index (χ4n) is 5.85. The van der Waals surface area contributed by atoms with Crippen LogP contribution in [0.3, 0.4) is 0 Å². The predicted molar refractivity (Wildman–Crippen MR) is 183 cm³/mol. The monoisotopic (exact) mass is 642 g/mol. The summed E-state index contributed by atoms with van der Waals surface area (Å²) in [5.74, 6) is 2.25. The summed E-state index contributed by atoms with van der Waals surface area (Å²) in [6, 6.07) is 33.4. The van der Waals surface area contributed by atoms with E-state index in [1.807, 2.05) is 24.3 Å². The Morgan fingerprint density at radius 3 is 1.33 bits per heavy atom. The van der Waals surface area contributed by atoms with Crippen molar-refractivity contribution in [2.24, 2.45) is 0 Å². The topological polar surface area (TPSA) is 71.1 Å². The molecule has 0 bridgehead atoms. The summed E-state index contributed by atoms with van der Waals surface area (Å²) in [6.07, 6.45) is 2.12. The highest BCUT2D eigenvalue weighted by molar-refractivity contribution is 7.80. The third kappa shape index (κ3) is 7.51. The van der Waals surface area contributed by atoms with Gasteiger partial charge in [0.15, 0.2) is 0 Å². The van der Waals surface area contributed by atoms with Gasteiger partial charge in [0, 0.05) is 12.8 Å². The summed E-state index contributed by atoms with van der Waals surface area (Å²) >= 11 is 8.27. The number of carbonyl (C=O) groups excluding carboxylic acids is 2. The minimum atomic E-state index is -0.560. The van der Waals surface area contributed by atoms with Gasteiger partial charge in [0.1, 0.15) is 37.9 Å². The Labute approximate surface area is 275 Å². The smallest absolute Gasteiger partial charge is 0.305 e. The van der Waals surface area contributed by atoms with Gasteiger partial charge in [-0.2, -0.15) is 25.3 Å². The molecule has 1 aliphatic carbocycles. The first-order valence-electron chi connectivity index (χ1n) is 15.3. The van der Waals surface area contributed by atoms with E-state index in [-0.39, 0.29) is 38.4 Å². The highest BCUT2D eigenvalue weighted by Gasteiger charge is 2.45. The lowest BCUT2D eigenvalue weighted by Gasteiger charge is -2.34. The van der Waals surface area contributed by atoms with Gasteiger partial charge < -0.3 is 18.9 Å². The van der Waals surface area contributed by atoms with Gasteiger partial charge in [-0.1, -0.05) is 72.8 Å². The summed E-state index contributed by atoms with van der Waals surface area (Å²) < 4.78 is 22.3. The van der Waals surface area contributed by atoms with Crippen molar-refractivity contribution in [3.8, 4) is 22.6 Å². The first kappa shape index (κ1) is 32.5. The number of carbonyl (C=O) groups is 2. The van der Waals surface area contributed by atoms with Crippen molar-refractivity contribution < 1.29 is 28.5 Å². The maximum Gasteiger partial charge on any atom is 0.305 e. The zero-order chi connectivity index (χ0) is 31.5. The second-order valence-corrected chi connectivity index (χ2v) is 11.6. The standard InChI is InChI=1S/C37H38O6S2/c38-35(11-5-25-44)42-23-21-40-29-17-13-27(14-18-29)37(33-9-3-1-7-31(33)32-8-2-4-10-34(32)37)28-15-19-30(20-16-28)41-22-24-43-36(39)12-6-26-45/h1-4,7-10,13-20,44-45H,5-6,11-12,21-26H2. The average molecular weight is 643 g/mol. The highest BCUT2D eigenvalue weighted by atomic mass is 32.1. The quantitative estimate of drug-likeness (QED) is 0.0668. The Balaban J connectivity index is 1.38. The van der Waals surface area contributed by atoms with Crippen LogP contribution in [0.25, 0.3) is 11.1 Å². The molecule has 0 saturated heterocycles. The second-order valence-electron chi connectivity index (χ2n) is 10.7. The van der Waals surface area contributed by atoms with Crippen LogP contribution in [0.4, 0.5) is 0 Å². The number of hydrogen-bond donors (Lipinski definition) is 2. The summed E-state index contributed by atoms with van der Waals surface area (Å²) in [5.41, 5.74) is 6.46. The van der Waals surface area contributed by atoms with Gasteiger partial charge in [-0.05, 0) is 82.0 Å². The van der Waals surface area contributed by atoms with Crippen LogP contribution in [0, 0.1) is 0 Å². The van der Waals surface area contributed by atoms with Crippen LogP contribution in [-0.2, 0) is 24.5 Å². The predicted octanol–water partition coefficient (Wildman–Crippen LogP) is 7.31. The van der Waals surface area contributed by atoms with Crippen molar-refractivity contribution in [1.29, 1.82) is 0 Å². The molecule has 1 aliphatic rings. The molecule has 0 N–H and O–H groups in total. The summed E-state index contributed by atoms with van der Waals surface area (Å²) in [6.45, 7) is 0.952. The molecule has 4 aromatic carbocycles. The minimum Gasteiger partial charge on any atom is -0.490 e. The molecule has 0 spiro atoms. The molecular formula is C37H38O6S2. The van der Waals surface area contributed by atoms with E-state index in [1.165, 1.54) is 22.3 Å². The number of fused-ring (bicyclic) bond motifs is 3. The fourth-order valence-corrected chi connectivity index (χ4v) is 6.16. The molecule has 0 radical (unpaired) electrons. The summed E-state index contributed by atoms with van der Waals surface area (Å²) in [4.78, 5) is 23.6. The Bertz CT molecular complexity index is 1450. The van der Waals surface area contributed by atoms with Crippen LogP contribution >= 0.6 is 25.3 Å². The van der Waals surface area contributed by atoms with Crippen LogP contribution in [-0.4, -0.2) is 49.9 Å². The number of benzene rings is 4. The van der Waals surface area contributed by atoms with E-state index >= 15 is 0 Å². The summed E-state index contributed by atoms with van der Waals surface area (Å²) in [7, 11) is 0. The van der Waals surface area contributed by atoms with E-state index in [2.05, 4.69) is 98.1 Å².